The van der Waals surface area contributed by atoms with Crippen LogP contribution in [0.1, 0.15) is 36.8 Å². The van der Waals surface area contributed by atoms with Crippen molar-refractivity contribution in [2.24, 2.45) is 0 Å². The van der Waals surface area contributed by atoms with E-state index in [4.69, 9.17) is 11.6 Å². The molecule has 96 valence electrons. The van der Waals surface area contributed by atoms with Crippen LogP contribution in [0.4, 0.5) is 0 Å². The zero-order chi connectivity index (χ0) is 13.1. The molecule has 2 rings (SSSR count). The van der Waals surface area contributed by atoms with Crippen molar-refractivity contribution in [1.82, 2.24) is 9.97 Å². The first-order chi connectivity index (χ1) is 8.61. The molecule has 0 amide bonds. The van der Waals surface area contributed by atoms with Crippen molar-refractivity contribution in [2.75, 3.05) is 5.88 Å². The van der Waals surface area contributed by atoms with E-state index >= 15 is 0 Å². The molecule has 0 aliphatic rings. The summed E-state index contributed by atoms with van der Waals surface area (Å²) in [5.74, 6) is 2.12. The molecule has 0 unspecified atom stereocenters. The second-order valence-corrected chi connectivity index (χ2v) is 5.25. The molecule has 1 heterocycles. The molecule has 1 aromatic heterocycles. The van der Waals surface area contributed by atoms with Gasteiger partial charge in [-0.25, -0.2) is 4.98 Å². The molecule has 0 atom stereocenters. The Kier molecular flexibility index (Phi) is 4.07. The van der Waals surface area contributed by atoms with E-state index in [1.807, 2.05) is 0 Å². The first-order valence-electron chi connectivity index (χ1n) is 6.33. The molecule has 0 spiro atoms. The number of benzene rings is 1. The minimum absolute atomic E-state index is 0.561. The molecule has 2 nitrogen and oxygen atoms in total. The Morgan fingerprint density at radius 1 is 1.22 bits per heavy atom. The van der Waals surface area contributed by atoms with Gasteiger partial charge in [0.05, 0.1) is 5.69 Å². The normalized spacial score (nSPS) is 11.2. The largest absolute Gasteiger partial charge is 0.346 e. The fourth-order valence-corrected chi connectivity index (χ4v) is 2.22. The summed E-state index contributed by atoms with van der Waals surface area (Å²) < 4.78 is 0. The monoisotopic (exact) mass is 262 g/mol. The van der Waals surface area contributed by atoms with E-state index in [0.717, 1.165) is 29.2 Å². The lowest BCUT2D eigenvalue weighted by Gasteiger charge is -2.06. The number of imidazole rings is 1. The molecule has 2 aromatic rings. The van der Waals surface area contributed by atoms with Crippen LogP contribution in [0.3, 0.4) is 0 Å². The second kappa shape index (κ2) is 5.57. The van der Waals surface area contributed by atoms with E-state index in [9.17, 15) is 0 Å². The summed E-state index contributed by atoms with van der Waals surface area (Å²) in [5, 5.41) is 0. The van der Waals surface area contributed by atoms with Crippen molar-refractivity contribution in [1.29, 1.82) is 0 Å². The van der Waals surface area contributed by atoms with E-state index in [1.54, 1.807) is 0 Å². The van der Waals surface area contributed by atoms with Crippen LogP contribution >= 0.6 is 11.6 Å². The van der Waals surface area contributed by atoms with E-state index in [0.29, 0.717) is 11.8 Å². The van der Waals surface area contributed by atoms with E-state index in [1.165, 1.54) is 5.56 Å². The number of halogens is 1. The van der Waals surface area contributed by atoms with Gasteiger partial charge in [-0.15, -0.1) is 11.6 Å². The fourth-order valence-electron chi connectivity index (χ4n) is 2.04. The molecular weight excluding hydrogens is 244 g/mol. The molecule has 1 N–H and O–H groups in total. The van der Waals surface area contributed by atoms with Crippen LogP contribution in [-0.4, -0.2) is 15.8 Å². The Balaban J connectivity index is 2.30. The summed E-state index contributed by atoms with van der Waals surface area (Å²) in [6.07, 6.45) is 0.784. The molecule has 0 radical (unpaired) electrons. The van der Waals surface area contributed by atoms with Crippen LogP contribution in [0.5, 0.6) is 0 Å². The van der Waals surface area contributed by atoms with Gasteiger partial charge in [-0.3, -0.25) is 0 Å². The summed E-state index contributed by atoms with van der Waals surface area (Å²) in [6.45, 7) is 6.46. The van der Waals surface area contributed by atoms with Crippen molar-refractivity contribution >= 4 is 11.6 Å². The van der Waals surface area contributed by atoms with Crippen LogP contribution in [-0.2, 0) is 6.42 Å². The van der Waals surface area contributed by atoms with Gasteiger partial charge < -0.3 is 4.98 Å². The highest BCUT2D eigenvalue weighted by molar-refractivity contribution is 6.17. The molecule has 3 heteroatoms. The van der Waals surface area contributed by atoms with Crippen LogP contribution in [0.2, 0.25) is 0 Å². The molecule has 0 fully saturated rings. The third-order valence-corrected chi connectivity index (χ3v) is 3.30. The maximum atomic E-state index is 5.74. The number of H-pyrrole nitrogens is 1. The number of hydrogen-bond acceptors (Lipinski definition) is 1. The SMILES string of the molecule is Cc1[nH]c(CCCl)nc1-c1ccc(C(C)C)cc1. The Labute approximate surface area is 113 Å². The molecule has 0 aliphatic heterocycles. The average molecular weight is 263 g/mol. The van der Waals surface area contributed by atoms with Crippen molar-refractivity contribution in [3.63, 3.8) is 0 Å². The number of aryl methyl sites for hydroxylation is 2. The fraction of sp³-hybridized carbons (Fsp3) is 0.400. The van der Waals surface area contributed by atoms with E-state index in [2.05, 4.69) is 55.0 Å². The van der Waals surface area contributed by atoms with Crippen molar-refractivity contribution in [2.45, 2.75) is 33.1 Å². The number of aromatic amines is 1. The van der Waals surface area contributed by atoms with Gasteiger partial charge in [0.2, 0.25) is 0 Å². The number of nitrogens with zero attached hydrogens (tertiary/aromatic N) is 1. The van der Waals surface area contributed by atoms with Gasteiger partial charge >= 0.3 is 0 Å². The minimum Gasteiger partial charge on any atom is -0.346 e. The minimum atomic E-state index is 0.561. The van der Waals surface area contributed by atoms with Gasteiger partial charge in [0.15, 0.2) is 0 Å². The third-order valence-electron chi connectivity index (χ3n) is 3.12. The number of rotatable bonds is 4. The highest BCUT2D eigenvalue weighted by atomic mass is 35.5. The van der Waals surface area contributed by atoms with Gasteiger partial charge in [-0.05, 0) is 18.4 Å². The highest BCUT2D eigenvalue weighted by Crippen LogP contribution is 2.24. The topological polar surface area (TPSA) is 28.7 Å². The quantitative estimate of drug-likeness (QED) is 0.818. The maximum absolute atomic E-state index is 5.74. The second-order valence-electron chi connectivity index (χ2n) is 4.87. The molecule has 0 saturated carbocycles. The predicted octanol–water partition coefficient (Wildman–Crippen LogP) is 4.29. The van der Waals surface area contributed by atoms with Crippen molar-refractivity contribution < 1.29 is 0 Å². The predicted molar refractivity (Wildman–Crippen MR) is 77.3 cm³/mol. The first-order valence-corrected chi connectivity index (χ1v) is 6.87. The Morgan fingerprint density at radius 3 is 2.44 bits per heavy atom. The number of nitrogens with one attached hydrogen (secondary N) is 1. The summed E-state index contributed by atoms with van der Waals surface area (Å²) in [4.78, 5) is 7.89. The Hall–Kier alpha value is -1.28. The molecule has 1 aromatic carbocycles. The van der Waals surface area contributed by atoms with Crippen LogP contribution in [0, 0.1) is 6.92 Å². The van der Waals surface area contributed by atoms with Crippen LogP contribution in [0.25, 0.3) is 11.3 Å². The lowest BCUT2D eigenvalue weighted by Crippen LogP contribution is -1.89. The maximum Gasteiger partial charge on any atom is 0.108 e. The van der Waals surface area contributed by atoms with Crippen molar-refractivity contribution in [3.8, 4) is 11.3 Å². The standard InChI is InChI=1S/C15H19ClN2/c1-10(2)12-4-6-13(7-5-12)15-11(3)17-14(18-15)8-9-16/h4-7,10H,8-9H2,1-3H3,(H,17,18). The lowest BCUT2D eigenvalue weighted by atomic mass is 10.0. The smallest absolute Gasteiger partial charge is 0.108 e. The van der Waals surface area contributed by atoms with Crippen LogP contribution < -0.4 is 0 Å². The Bertz CT molecular complexity index is 512. The third kappa shape index (κ3) is 2.75. The summed E-state index contributed by atoms with van der Waals surface area (Å²) in [5.41, 5.74) is 4.65. The van der Waals surface area contributed by atoms with E-state index < -0.39 is 0 Å². The summed E-state index contributed by atoms with van der Waals surface area (Å²) in [6, 6.07) is 8.64. The lowest BCUT2D eigenvalue weighted by molar-refractivity contribution is 0.867. The molecule has 0 bridgehead atoms. The number of alkyl halides is 1. The van der Waals surface area contributed by atoms with Gasteiger partial charge in [-0.1, -0.05) is 38.1 Å². The zero-order valence-corrected chi connectivity index (χ0v) is 11.9. The first kappa shape index (κ1) is 13.2. The molecule has 0 saturated heterocycles. The van der Waals surface area contributed by atoms with Gasteiger partial charge in [0.25, 0.3) is 0 Å². The summed E-state index contributed by atoms with van der Waals surface area (Å²) in [7, 11) is 0. The molecule has 18 heavy (non-hydrogen) atoms. The summed E-state index contributed by atoms with van der Waals surface area (Å²) >= 11 is 5.74. The van der Waals surface area contributed by atoms with Gasteiger partial charge in [0, 0.05) is 23.6 Å². The molecule has 0 aliphatic carbocycles. The zero-order valence-electron chi connectivity index (χ0n) is 11.1. The van der Waals surface area contributed by atoms with Crippen LogP contribution in [0.15, 0.2) is 24.3 Å². The highest BCUT2D eigenvalue weighted by Gasteiger charge is 2.09. The van der Waals surface area contributed by atoms with E-state index in [-0.39, 0.29) is 0 Å². The number of aromatic nitrogens is 2. The van der Waals surface area contributed by atoms with Crippen molar-refractivity contribution in [3.05, 3.63) is 41.3 Å². The Morgan fingerprint density at radius 2 is 1.89 bits per heavy atom. The van der Waals surface area contributed by atoms with Gasteiger partial charge in [0.1, 0.15) is 5.82 Å². The number of hydrogen-bond donors (Lipinski definition) is 1. The average Bonchev–Trinajstić information content (AvgIpc) is 2.71. The molecular formula is C15H19ClN2. The van der Waals surface area contributed by atoms with Gasteiger partial charge in [-0.2, -0.15) is 0 Å².